The van der Waals surface area contributed by atoms with E-state index in [4.69, 9.17) is 4.74 Å². The van der Waals surface area contributed by atoms with Crippen molar-refractivity contribution in [3.63, 3.8) is 0 Å². The first-order valence-corrected chi connectivity index (χ1v) is 4.28. The van der Waals surface area contributed by atoms with Crippen LogP contribution in [0.2, 0.25) is 0 Å². The number of carbonyl (C=O) groups is 3. The van der Waals surface area contributed by atoms with E-state index >= 15 is 0 Å². The van der Waals surface area contributed by atoms with Crippen LogP contribution >= 0.6 is 0 Å². The minimum absolute atomic E-state index is 0.101. The molecule has 1 aliphatic heterocycles. The fraction of sp³-hybridized carbons (Fsp3) is 0.667. The first kappa shape index (κ1) is 10.8. The summed E-state index contributed by atoms with van der Waals surface area (Å²) in [6, 6.07) is 0. The second-order valence-corrected chi connectivity index (χ2v) is 3.28. The molecule has 1 fully saturated rings. The molecule has 0 aromatic rings. The molecule has 0 aromatic heterocycles. The third kappa shape index (κ3) is 1.82. The quantitative estimate of drug-likeness (QED) is 0.461. The summed E-state index contributed by atoms with van der Waals surface area (Å²) < 4.78 is 9.51. The molecule has 1 aliphatic rings. The summed E-state index contributed by atoms with van der Waals surface area (Å²) in [5.74, 6) is -0.505. The average molecular weight is 200 g/mol. The van der Waals surface area contributed by atoms with Crippen molar-refractivity contribution in [1.29, 1.82) is 0 Å². The normalized spacial score (nSPS) is 31.1. The molecule has 0 bridgehead atoms. The predicted molar refractivity (Wildman–Crippen MR) is 45.6 cm³/mol. The summed E-state index contributed by atoms with van der Waals surface area (Å²) >= 11 is 0. The molecular formula is C9H12O5. The van der Waals surface area contributed by atoms with Crippen LogP contribution in [0.15, 0.2) is 0 Å². The SMILES string of the molecule is COC(=O)CC1(C=O)CCOC1C=O. The van der Waals surface area contributed by atoms with E-state index in [-0.39, 0.29) is 6.42 Å². The van der Waals surface area contributed by atoms with Gasteiger partial charge < -0.3 is 19.1 Å². The second-order valence-electron chi connectivity index (χ2n) is 3.28. The number of methoxy groups -OCH3 is 1. The van der Waals surface area contributed by atoms with E-state index in [9.17, 15) is 14.4 Å². The Morgan fingerprint density at radius 2 is 2.36 bits per heavy atom. The van der Waals surface area contributed by atoms with E-state index in [2.05, 4.69) is 4.74 Å². The van der Waals surface area contributed by atoms with Crippen molar-refractivity contribution in [3.05, 3.63) is 0 Å². The Morgan fingerprint density at radius 1 is 1.64 bits per heavy atom. The molecule has 0 N–H and O–H groups in total. The van der Waals surface area contributed by atoms with E-state index in [1.807, 2.05) is 0 Å². The minimum Gasteiger partial charge on any atom is -0.469 e. The van der Waals surface area contributed by atoms with Crippen LogP contribution in [0, 0.1) is 5.41 Å². The van der Waals surface area contributed by atoms with Crippen molar-refractivity contribution in [1.82, 2.24) is 0 Å². The molecule has 5 nitrogen and oxygen atoms in total. The van der Waals surface area contributed by atoms with Crippen molar-refractivity contribution in [2.45, 2.75) is 18.9 Å². The number of aldehydes is 2. The summed E-state index contributed by atoms with van der Waals surface area (Å²) in [5.41, 5.74) is -1.02. The Morgan fingerprint density at radius 3 is 2.86 bits per heavy atom. The van der Waals surface area contributed by atoms with Gasteiger partial charge in [0.05, 0.1) is 18.9 Å². The van der Waals surface area contributed by atoms with Gasteiger partial charge in [-0.2, -0.15) is 0 Å². The molecule has 2 atom stereocenters. The lowest BCUT2D eigenvalue weighted by atomic mass is 9.80. The number of ether oxygens (including phenoxy) is 2. The van der Waals surface area contributed by atoms with Crippen molar-refractivity contribution in [2.24, 2.45) is 5.41 Å². The van der Waals surface area contributed by atoms with E-state index in [0.717, 1.165) is 0 Å². The van der Waals surface area contributed by atoms with Gasteiger partial charge >= 0.3 is 5.97 Å². The van der Waals surface area contributed by atoms with E-state index in [1.165, 1.54) is 7.11 Å². The van der Waals surface area contributed by atoms with Crippen LogP contribution in [0.25, 0.3) is 0 Å². The van der Waals surface area contributed by atoms with Gasteiger partial charge in [-0.05, 0) is 6.42 Å². The van der Waals surface area contributed by atoms with Crippen molar-refractivity contribution in [2.75, 3.05) is 13.7 Å². The fourth-order valence-electron chi connectivity index (χ4n) is 1.56. The standard InChI is InChI=1S/C9H12O5/c1-13-8(12)4-9(6-11)2-3-14-7(9)5-10/h5-7H,2-4H2,1H3. The van der Waals surface area contributed by atoms with Crippen LogP contribution < -0.4 is 0 Å². The molecular weight excluding hydrogens is 188 g/mol. The third-order valence-electron chi connectivity index (χ3n) is 2.49. The monoisotopic (exact) mass is 200 g/mol. The lowest BCUT2D eigenvalue weighted by Crippen LogP contribution is -2.36. The zero-order chi connectivity index (χ0) is 10.6. The molecule has 78 valence electrons. The summed E-state index contributed by atoms with van der Waals surface area (Å²) in [6.07, 6.45) is 0.644. The van der Waals surface area contributed by atoms with Crippen LogP contribution in [0.1, 0.15) is 12.8 Å². The molecule has 0 aromatic carbocycles. The van der Waals surface area contributed by atoms with E-state index in [0.29, 0.717) is 25.6 Å². The first-order chi connectivity index (χ1) is 6.68. The molecule has 0 aliphatic carbocycles. The topological polar surface area (TPSA) is 69.7 Å². The molecule has 1 heterocycles. The van der Waals surface area contributed by atoms with Gasteiger partial charge in [-0.25, -0.2) is 0 Å². The van der Waals surface area contributed by atoms with Gasteiger partial charge in [-0.15, -0.1) is 0 Å². The van der Waals surface area contributed by atoms with E-state index < -0.39 is 17.5 Å². The van der Waals surface area contributed by atoms with Gasteiger partial charge in [0, 0.05) is 6.61 Å². The summed E-state index contributed by atoms with van der Waals surface area (Å²) in [4.78, 5) is 32.6. The Hall–Kier alpha value is -1.23. The Labute approximate surface area is 81.4 Å². The average Bonchev–Trinajstić information content (AvgIpc) is 2.61. The molecule has 2 unspecified atom stereocenters. The summed E-state index contributed by atoms with van der Waals surface area (Å²) in [5, 5.41) is 0. The maximum absolute atomic E-state index is 11.0. The van der Waals surface area contributed by atoms with Gasteiger partial charge in [-0.1, -0.05) is 0 Å². The highest BCUT2D eigenvalue weighted by molar-refractivity contribution is 5.80. The highest BCUT2D eigenvalue weighted by Crippen LogP contribution is 2.35. The summed E-state index contributed by atoms with van der Waals surface area (Å²) in [6.45, 7) is 0.319. The molecule has 14 heavy (non-hydrogen) atoms. The number of hydrogen-bond acceptors (Lipinski definition) is 5. The number of esters is 1. The largest absolute Gasteiger partial charge is 0.469 e. The lowest BCUT2D eigenvalue weighted by molar-refractivity contribution is -0.147. The summed E-state index contributed by atoms with van der Waals surface area (Å²) in [7, 11) is 1.24. The minimum atomic E-state index is -1.02. The Bertz CT molecular complexity index is 250. The van der Waals surface area contributed by atoms with Gasteiger partial charge in [0.2, 0.25) is 0 Å². The molecule has 1 saturated heterocycles. The Kier molecular flexibility index (Phi) is 3.35. The van der Waals surface area contributed by atoms with Gasteiger partial charge in [-0.3, -0.25) is 4.79 Å². The van der Waals surface area contributed by atoms with Crippen molar-refractivity contribution < 1.29 is 23.9 Å². The van der Waals surface area contributed by atoms with Gasteiger partial charge in [0.25, 0.3) is 0 Å². The van der Waals surface area contributed by atoms with Gasteiger partial charge in [0.1, 0.15) is 18.7 Å². The van der Waals surface area contributed by atoms with Crippen LogP contribution in [0.3, 0.4) is 0 Å². The van der Waals surface area contributed by atoms with Crippen molar-refractivity contribution in [3.8, 4) is 0 Å². The molecule has 5 heteroatoms. The molecule has 1 rings (SSSR count). The highest BCUT2D eigenvalue weighted by Gasteiger charge is 2.46. The second kappa shape index (κ2) is 4.32. The zero-order valence-electron chi connectivity index (χ0n) is 7.89. The van der Waals surface area contributed by atoms with E-state index in [1.54, 1.807) is 0 Å². The van der Waals surface area contributed by atoms with Crippen molar-refractivity contribution >= 4 is 18.5 Å². The molecule has 0 amide bonds. The number of hydrogen-bond donors (Lipinski definition) is 0. The van der Waals surface area contributed by atoms with Gasteiger partial charge in [0.15, 0.2) is 0 Å². The van der Waals surface area contributed by atoms with Crippen LogP contribution in [-0.4, -0.2) is 38.4 Å². The highest BCUT2D eigenvalue weighted by atomic mass is 16.5. The lowest BCUT2D eigenvalue weighted by Gasteiger charge is -2.22. The van der Waals surface area contributed by atoms with Crippen LogP contribution in [-0.2, 0) is 23.9 Å². The molecule has 0 spiro atoms. The maximum atomic E-state index is 11.0. The van der Waals surface area contributed by atoms with Crippen LogP contribution in [0.5, 0.6) is 0 Å². The predicted octanol–water partition coefficient (Wildman–Crippen LogP) is -0.277. The molecule has 0 radical (unpaired) electrons. The fourth-order valence-corrected chi connectivity index (χ4v) is 1.56. The Balaban J connectivity index is 2.79. The van der Waals surface area contributed by atoms with Crippen LogP contribution in [0.4, 0.5) is 0 Å². The smallest absolute Gasteiger partial charge is 0.306 e. The number of rotatable bonds is 4. The maximum Gasteiger partial charge on any atom is 0.306 e. The molecule has 0 saturated carbocycles. The number of carbonyl (C=O) groups excluding carboxylic acids is 3. The third-order valence-corrected chi connectivity index (χ3v) is 2.49. The zero-order valence-corrected chi connectivity index (χ0v) is 7.89. The first-order valence-electron chi connectivity index (χ1n) is 4.28.